The van der Waals surface area contributed by atoms with E-state index in [1.165, 1.54) is 12.4 Å². The molecule has 290 valence electrons. The van der Waals surface area contributed by atoms with Crippen molar-refractivity contribution in [2.24, 2.45) is 51.8 Å². The largest absolute Gasteiger partial charge is 1.00 e. The molecule has 3 aromatic carbocycles. The van der Waals surface area contributed by atoms with Crippen LogP contribution in [0.4, 0.5) is 51.4 Å². The number of aromatic nitrogens is 4. The zero-order chi connectivity index (χ0) is 37.5. The van der Waals surface area contributed by atoms with Crippen LogP contribution in [-0.2, 0) is 21.1 Å². The summed E-state index contributed by atoms with van der Waals surface area (Å²) in [6.07, 6.45) is 10.8. The van der Waals surface area contributed by atoms with E-state index in [0.29, 0.717) is 5.69 Å². The van der Waals surface area contributed by atoms with Crippen molar-refractivity contribution in [1.29, 1.82) is 0 Å². The Balaban J connectivity index is 0.000000402. The highest BCUT2D eigenvalue weighted by atomic mass is 35.5. The van der Waals surface area contributed by atoms with Gasteiger partial charge in [-0.05, 0) is 72.8 Å². The molecular weight excluding hydrogens is 737 g/mol. The Morgan fingerprint density at radius 3 is 1.24 bits per heavy atom. The number of anilines is 3. The Morgan fingerprint density at radius 1 is 0.527 bits per heavy atom. The van der Waals surface area contributed by atoms with Gasteiger partial charge in [0.2, 0.25) is 12.4 Å². The van der Waals surface area contributed by atoms with Crippen LogP contribution in [0.3, 0.4) is 0 Å². The van der Waals surface area contributed by atoms with E-state index in [1.54, 1.807) is 24.3 Å². The molecule has 0 radical (unpaired) electrons. The molecule has 3 N–H and O–H groups in total. The van der Waals surface area contributed by atoms with Crippen LogP contribution in [0.1, 0.15) is 7.43 Å². The molecule has 0 atom stereocenters. The second-order valence-corrected chi connectivity index (χ2v) is 12.0. The van der Waals surface area contributed by atoms with Gasteiger partial charge in [-0.2, -0.15) is 20.5 Å². The Bertz CT molecular complexity index is 1940. The second kappa shape index (κ2) is 23.4. The van der Waals surface area contributed by atoms with Crippen LogP contribution in [0.2, 0.25) is 0 Å². The molecule has 55 heavy (non-hydrogen) atoms. The number of azo groups is 3. The number of hydrogen-bond donors (Lipinski definition) is 2. The summed E-state index contributed by atoms with van der Waals surface area (Å²) in [6, 6.07) is 30.3. The van der Waals surface area contributed by atoms with E-state index in [9.17, 15) is 0 Å². The van der Waals surface area contributed by atoms with Crippen molar-refractivity contribution in [2.75, 3.05) is 43.7 Å². The molecule has 16 heteroatoms. The monoisotopic (exact) mass is 786 g/mol. The fourth-order valence-electron chi connectivity index (χ4n) is 4.27. The van der Waals surface area contributed by atoms with Crippen LogP contribution >= 0.6 is 0 Å². The zero-order valence-corrected chi connectivity index (χ0v) is 32.9. The van der Waals surface area contributed by atoms with Crippen LogP contribution in [-0.4, -0.2) is 38.0 Å². The minimum absolute atomic E-state index is 0. The molecule has 0 aliphatic rings. The number of nitrogens with two attached hydrogens (primary N) is 1. The summed E-state index contributed by atoms with van der Waals surface area (Å²) in [4.78, 5) is 4.08. The third kappa shape index (κ3) is 15.7. The summed E-state index contributed by atoms with van der Waals surface area (Å²) in [5.74, 6) is 0.789. The summed E-state index contributed by atoms with van der Waals surface area (Å²) >= 11 is 0. The third-order valence-corrected chi connectivity index (χ3v) is 7.34. The van der Waals surface area contributed by atoms with Gasteiger partial charge in [0.05, 0.1) is 49.2 Å². The number of nitrogens with zero attached hydrogens (tertiary/aromatic N) is 12. The molecule has 0 fully saturated rings. The van der Waals surface area contributed by atoms with Crippen LogP contribution in [0.15, 0.2) is 165 Å². The Kier molecular flexibility index (Phi) is 19.9. The van der Waals surface area contributed by atoms with Crippen molar-refractivity contribution in [1.82, 2.24) is 4.57 Å². The van der Waals surface area contributed by atoms with Crippen LogP contribution in [0, 0.1) is 0 Å². The first-order valence-corrected chi connectivity index (χ1v) is 16.3. The number of halogens is 2. The molecule has 0 saturated carbocycles. The summed E-state index contributed by atoms with van der Waals surface area (Å²) in [6.45, 7) is 0. The van der Waals surface area contributed by atoms with Crippen LogP contribution in [0.5, 0.6) is 0 Å². The van der Waals surface area contributed by atoms with Crippen LogP contribution in [0.25, 0.3) is 0 Å². The average Bonchev–Trinajstić information content (AvgIpc) is 3.47. The fourth-order valence-corrected chi connectivity index (χ4v) is 4.27. The van der Waals surface area contributed by atoms with Gasteiger partial charge in [-0.3, -0.25) is 5.21 Å². The maximum atomic E-state index is 9.06. The maximum absolute atomic E-state index is 9.06. The molecule has 0 spiro atoms. The number of rotatable bonds is 8. The molecule has 0 unspecified atom stereocenters. The van der Waals surface area contributed by atoms with Crippen molar-refractivity contribution >= 4 is 51.4 Å². The van der Waals surface area contributed by atoms with E-state index >= 15 is 0 Å². The fraction of sp³-hybridized carbons (Fsp3) is 0.205. The first-order chi connectivity index (χ1) is 25.0. The Hall–Kier alpha value is -6.25. The minimum atomic E-state index is 0. The van der Waals surface area contributed by atoms with Gasteiger partial charge in [0, 0.05) is 79.4 Å². The summed E-state index contributed by atoms with van der Waals surface area (Å²) in [7, 11) is 13.8. The molecule has 0 aliphatic heterocycles. The van der Waals surface area contributed by atoms with Gasteiger partial charge < -0.3 is 40.3 Å². The summed E-state index contributed by atoms with van der Waals surface area (Å²) < 4.78 is 6.73. The van der Waals surface area contributed by atoms with Gasteiger partial charge >= 0.3 is 5.95 Å². The number of pyridine rings is 2. The lowest BCUT2D eigenvalue weighted by Crippen LogP contribution is -3.00. The topological polar surface area (TPSA) is 143 Å². The van der Waals surface area contributed by atoms with Crippen LogP contribution < -0.4 is 54.2 Å². The summed E-state index contributed by atoms with van der Waals surface area (Å²) in [5.41, 5.74) is 12.6. The van der Waals surface area contributed by atoms with Gasteiger partial charge in [-0.25, -0.2) is 13.7 Å². The predicted octanol–water partition coefficient (Wildman–Crippen LogP) is 2.18. The lowest BCUT2D eigenvalue weighted by Gasteiger charge is -2.11. The zero-order valence-electron chi connectivity index (χ0n) is 31.3. The molecule has 3 heterocycles. The molecule has 6 rings (SSSR count). The molecule has 0 amide bonds. The van der Waals surface area contributed by atoms with E-state index in [0.717, 1.165) is 50.5 Å². The maximum Gasteiger partial charge on any atom is 0.421 e. The Morgan fingerprint density at radius 2 is 0.873 bits per heavy atom. The number of aryl methyl sites for hydroxylation is 3. The van der Waals surface area contributed by atoms with Crippen molar-refractivity contribution in [3.63, 3.8) is 0 Å². The van der Waals surface area contributed by atoms with E-state index in [2.05, 4.69) is 35.6 Å². The smallest absolute Gasteiger partial charge is 0.421 e. The van der Waals surface area contributed by atoms with Crippen molar-refractivity contribution in [2.45, 2.75) is 7.43 Å². The number of nitrogen functional groups attached to an aromatic ring is 1. The van der Waals surface area contributed by atoms with Crippen molar-refractivity contribution in [3.8, 4) is 0 Å². The highest BCUT2D eigenvalue weighted by molar-refractivity contribution is 5.53. The van der Waals surface area contributed by atoms with E-state index in [1.807, 2.05) is 166 Å². The van der Waals surface area contributed by atoms with Gasteiger partial charge in [0.15, 0.2) is 12.4 Å². The van der Waals surface area contributed by atoms with E-state index < -0.39 is 0 Å². The number of benzene rings is 3. The highest BCUT2D eigenvalue weighted by Gasteiger charge is 2.10. The second-order valence-electron chi connectivity index (χ2n) is 12.0. The number of imidazole rings is 1. The van der Waals surface area contributed by atoms with Gasteiger partial charge in [0.25, 0.3) is 0 Å². The van der Waals surface area contributed by atoms with Gasteiger partial charge in [-0.1, -0.05) is 12.5 Å². The first-order valence-electron chi connectivity index (χ1n) is 16.3. The van der Waals surface area contributed by atoms with Gasteiger partial charge in [0.1, 0.15) is 12.7 Å². The Labute approximate surface area is 336 Å². The van der Waals surface area contributed by atoms with E-state index in [-0.39, 0.29) is 32.2 Å². The lowest BCUT2D eigenvalue weighted by atomic mass is 10.3. The van der Waals surface area contributed by atoms with Gasteiger partial charge in [-0.15, -0.1) is 0 Å². The summed E-state index contributed by atoms with van der Waals surface area (Å²) in [5, 5.41) is 34.0. The highest BCUT2D eigenvalue weighted by Crippen LogP contribution is 2.22. The molecule has 0 bridgehead atoms. The third-order valence-electron chi connectivity index (χ3n) is 7.34. The SMILES string of the molecule is C.CN(C)c1ccc(N=Nc2cc[n+](C)cc2)cc1.CN(C)c1ccc(N=Nc2cc[n+](O)cc2)cc1.Cn1cc[n+](C)c1N=Nc1ccc(N)cc1.[Cl-].[Cl-]. The quantitative estimate of drug-likeness (QED) is 0.106. The molecule has 14 nitrogen and oxygen atoms in total. The molecule has 0 aliphatic carbocycles. The van der Waals surface area contributed by atoms with Crippen molar-refractivity contribution in [3.05, 3.63) is 134 Å². The number of hydrogen-bond acceptors (Lipinski definition) is 10. The minimum Gasteiger partial charge on any atom is -1.00 e. The van der Waals surface area contributed by atoms with E-state index in [4.69, 9.17) is 10.9 Å². The lowest BCUT2D eigenvalue weighted by molar-refractivity contribution is -0.904. The average molecular weight is 788 g/mol. The standard InChI is InChI=1S/C14H17N4.C13H15N4O.C11H13N5.CH4.2ClH/c1-17(2)14-6-4-12(5-7-14)15-16-13-8-10-18(3)11-9-13;1-16(2)13-5-3-11(4-6-13)14-15-12-7-9-17(18)10-8-12;1-15-7-8-16(2)11(15)14-13-10-5-3-9(12)4-6-10;;;/h4-11H,1-3H3;3-10,18H,1-2H3;3-8,12H,1-2H3;1H4;2*1H/q2*+1;;;;/p-1. The molecule has 6 aromatic rings. The molecule has 3 aromatic heterocycles. The predicted molar refractivity (Wildman–Crippen MR) is 210 cm³/mol. The normalized spacial score (nSPS) is 10.3. The molecular formula is C39H50Cl2N13O+. The van der Waals surface area contributed by atoms with Crippen molar-refractivity contribution < 1.29 is 43.9 Å². The molecule has 0 saturated heterocycles. The first kappa shape index (κ1) is 46.8.